The van der Waals surface area contributed by atoms with Crippen LogP contribution in [0.2, 0.25) is 0 Å². The molecule has 4 amide bonds. The average molecular weight is 473 g/mol. The van der Waals surface area contributed by atoms with Crippen LogP contribution in [-0.4, -0.2) is 23.9 Å². The molecule has 0 fully saturated rings. The van der Waals surface area contributed by atoms with Gasteiger partial charge in [-0.25, -0.2) is 4.79 Å². The van der Waals surface area contributed by atoms with Gasteiger partial charge in [0.1, 0.15) is 6.04 Å². The Morgan fingerprint density at radius 2 is 1.40 bits per heavy atom. The van der Waals surface area contributed by atoms with Gasteiger partial charge in [0.2, 0.25) is 11.8 Å². The van der Waals surface area contributed by atoms with Crippen LogP contribution in [0.5, 0.6) is 0 Å². The van der Waals surface area contributed by atoms with Crippen LogP contribution in [0.4, 0.5) is 16.2 Å². The van der Waals surface area contributed by atoms with Crippen LogP contribution < -0.4 is 21.3 Å². The quantitative estimate of drug-likeness (QED) is 0.365. The SMILES string of the molecule is Cc1cccc(NC(=O)Nc2cccc(CNC(=O)C(NC(=O)Cc3ccccc3)C(C)C)c2)c1. The van der Waals surface area contributed by atoms with Gasteiger partial charge in [-0.3, -0.25) is 9.59 Å². The molecule has 0 saturated heterocycles. The first-order valence-electron chi connectivity index (χ1n) is 11.6. The zero-order chi connectivity index (χ0) is 25.2. The summed E-state index contributed by atoms with van der Waals surface area (Å²) in [5, 5.41) is 11.4. The number of nitrogens with one attached hydrogen (secondary N) is 4. The van der Waals surface area contributed by atoms with Gasteiger partial charge < -0.3 is 21.3 Å². The van der Waals surface area contributed by atoms with Crippen molar-refractivity contribution in [2.75, 3.05) is 10.6 Å². The van der Waals surface area contributed by atoms with Gasteiger partial charge in [-0.2, -0.15) is 0 Å². The van der Waals surface area contributed by atoms with E-state index in [0.29, 0.717) is 11.4 Å². The third-order valence-corrected chi connectivity index (χ3v) is 5.40. The molecule has 35 heavy (non-hydrogen) atoms. The first-order valence-corrected chi connectivity index (χ1v) is 11.6. The summed E-state index contributed by atoms with van der Waals surface area (Å²) in [6.07, 6.45) is 0.218. The van der Waals surface area contributed by atoms with E-state index in [2.05, 4.69) is 21.3 Å². The molecule has 3 rings (SSSR count). The van der Waals surface area contributed by atoms with Crippen molar-refractivity contribution in [3.05, 3.63) is 95.6 Å². The second kappa shape index (κ2) is 12.4. The maximum Gasteiger partial charge on any atom is 0.323 e. The Bertz CT molecular complexity index is 1160. The molecule has 1 atom stereocenters. The highest BCUT2D eigenvalue weighted by Gasteiger charge is 2.24. The van der Waals surface area contributed by atoms with Crippen molar-refractivity contribution >= 4 is 29.2 Å². The molecule has 7 nitrogen and oxygen atoms in total. The number of anilines is 2. The standard InChI is InChI=1S/C28H32N4O3/c1-19(2)26(32-25(33)17-21-10-5-4-6-11-21)27(34)29-18-22-12-8-14-24(16-22)31-28(35)30-23-13-7-9-20(3)15-23/h4-16,19,26H,17-18H2,1-3H3,(H,29,34)(H,32,33)(H2,30,31,35). The van der Waals surface area contributed by atoms with Crippen molar-refractivity contribution in [1.82, 2.24) is 10.6 Å². The van der Waals surface area contributed by atoms with Gasteiger partial charge in [0, 0.05) is 17.9 Å². The predicted molar refractivity (Wildman–Crippen MR) is 139 cm³/mol. The average Bonchev–Trinajstić information content (AvgIpc) is 2.81. The molecular weight excluding hydrogens is 440 g/mol. The summed E-state index contributed by atoms with van der Waals surface area (Å²) in [4.78, 5) is 37.6. The Balaban J connectivity index is 1.53. The molecule has 4 N–H and O–H groups in total. The molecular formula is C28H32N4O3. The number of hydrogen-bond donors (Lipinski definition) is 4. The van der Waals surface area contributed by atoms with Crippen molar-refractivity contribution in [1.29, 1.82) is 0 Å². The summed E-state index contributed by atoms with van der Waals surface area (Å²) in [6.45, 7) is 6.01. The highest BCUT2D eigenvalue weighted by Crippen LogP contribution is 2.14. The highest BCUT2D eigenvalue weighted by atomic mass is 16.2. The van der Waals surface area contributed by atoms with Crippen LogP contribution in [0, 0.1) is 12.8 Å². The molecule has 0 spiro atoms. The van der Waals surface area contributed by atoms with E-state index in [0.717, 1.165) is 16.7 Å². The summed E-state index contributed by atoms with van der Waals surface area (Å²) in [6, 6.07) is 23.2. The van der Waals surface area contributed by atoms with E-state index in [1.807, 2.05) is 87.5 Å². The van der Waals surface area contributed by atoms with E-state index < -0.39 is 6.04 Å². The summed E-state index contributed by atoms with van der Waals surface area (Å²) in [5.41, 5.74) is 4.09. The Morgan fingerprint density at radius 1 is 0.771 bits per heavy atom. The van der Waals surface area contributed by atoms with Crippen LogP contribution in [0.3, 0.4) is 0 Å². The van der Waals surface area contributed by atoms with Crippen LogP contribution in [0.15, 0.2) is 78.9 Å². The van der Waals surface area contributed by atoms with E-state index in [1.54, 1.807) is 12.1 Å². The minimum atomic E-state index is -0.646. The molecule has 7 heteroatoms. The number of carbonyl (C=O) groups is 3. The summed E-state index contributed by atoms with van der Waals surface area (Å²) < 4.78 is 0. The molecule has 1 unspecified atom stereocenters. The molecule has 182 valence electrons. The number of hydrogen-bond acceptors (Lipinski definition) is 3. The Labute approximate surface area is 206 Å². The molecule has 0 bridgehead atoms. The fourth-order valence-electron chi connectivity index (χ4n) is 3.62. The fourth-order valence-corrected chi connectivity index (χ4v) is 3.62. The zero-order valence-electron chi connectivity index (χ0n) is 20.3. The third kappa shape index (κ3) is 8.30. The molecule has 0 aliphatic carbocycles. The second-order valence-corrected chi connectivity index (χ2v) is 8.82. The van der Waals surface area contributed by atoms with Gasteiger partial charge in [0.15, 0.2) is 0 Å². The number of urea groups is 1. The maximum absolute atomic E-state index is 12.8. The zero-order valence-corrected chi connectivity index (χ0v) is 20.3. The molecule has 3 aromatic rings. The van der Waals surface area contributed by atoms with E-state index >= 15 is 0 Å². The van der Waals surface area contributed by atoms with Gasteiger partial charge in [-0.1, -0.05) is 68.4 Å². The van der Waals surface area contributed by atoms with Gasteiger partial charge in [0.25, 0.3) is 0 Å². The number of aryl methyl sites for hydroxylation is 1. The molecule has 3 aromatic carbocycles. The first-order chi connectivity index (χ1) is 16.8. The minimum Gasteiger partial charge on any atom is -0.350 e. The highest BCUT2D eigenvalue weighted by molar-refractivity contribution is 5.99. The summed E-state index contributed by atoms with van der Waals surface area (Å²) >= 11 is 0. The minimum absolute atomic E-state index is 0.0759. The number of rotatable bonds is 9. The Morgan fingerprint density at radius 3 is 2.06 bits per heavy atom. The predicted octanol–water partition coefficient (Wildman–Crippen LogP) is 4.64. The fraction of sp³-hybridized carbons (Fsp3) is 0.250. The molecule has 0 radical (unpaired) electrons. The number of benzene rings is 3. The van der Waals surface area contributed by atoms with Gasteiger partial charge in [-0.15, -0.1) is 0 Å². The topological polar surface area (TPSA) is 99.3 Å². The van der Waals surface area contributed by atoms with Crippen LogP contribution in [0.25, 0.3) is 0 Å². The molecule has 0 aliphatic heterocycles. The second-order valence-electron chi connectivity index (χ2n) is 8.82. The van der Waals surface area contributed by atoms with Crippen LogP contribution in [0.1, 0.15) is 30.5 Å². The third-order valence-electron chi connectivity index (χ3n) is 5.40. The summed E-state index contributed by atoms with van der Waals surface area (Å²) in [7, 11) is 0. The van der Waals surface area contributed by atoms with Crippen molar-refractivity contribution in [3.8, 4) is 0 Å². The molecule has 0 heterocycles. The van der Waals surface area contributed by atoms with Gasteiger partial charge in [0.05, 0.1) is 6.42 Å². The van der Waals surface area contributed by atoms with E-state index in [9.17, 15) is 14.4 Å². The van der Waals surface area contributed by atoms with Crippen LogP contribution >= 0.6 is 0 Å². The lowest BCUT2D eigenvalue weighted by Crippen LogP contribution is -2.49. The largest absolute Gasteiger partial charge is 0.350 e. The Hall–Kier alpha value is -4.13. The first kappa shape index (κ1) is 25.5. The smallest absolute Gasteiger partial charge is 0.323 e. The monoisotopic (exact) mass is 472 g/mol. The van der Waals surface area contributed by atoms with E-state index in [4.69, 9.17) is 0 Å². The molecule has 0 saturated carbocycles. The lowest BCUT2D eigenvalue weighted by atomic mass is 10.0. The number of amides is 4. The normalized spacial score (nSPS) is 11.4. The van der Waals surface area contributed by atoms with Crippen molar-refractivity contribution in [2.45, 2.75) is 39.8 Å². The van der Waals surface area contributed by atoms with Gasteiger partial charge >= 0.3 is 6.03 Å². The summed E-state index contributed by atoms with van der Waals surface area (Å²) in [5.74, 6) is -0.527. The Kier molecular flexibility index (Phi) is 9.01. The van der Waals surface area contributed by atoms with Crippen molar-refractivity contribution < 1.29 is 14.4 Å². The van der Waals surface area contributed by atoms with Crippen molar-refractivity contribution in [2.24, 2.45) is 5.92 Å². The molecule has 0 aromatic heterocycles. The molecule has 0 aliphatic rings. The lowest BCUT2D eigenvalue weighted by Gasteiger charge is -2.22. The van der Waals surface area contributed by atoms with Crippen molar-refractivity contribution in [3.63, 3.8) is 0 Å². The van der Waals surface area contributed by atoms with E-state index in [-0.39, 0.29) is 36.7 Å². The van der Waals surface area contributed by atoms with Crippen LogP contribution in [-0.2, 0) is 22.6 Å². The lowest BCUT2D eigenvalue weighted by molar-refractivity contribution is -0.129. The maximum atomic E-state index is 12.8. The van der Waals surface area contributed by atoms with Gasteiger partial charge in [-0.05, 0) is 53.8 Å². The van der Waals surface area contributed by atoms with E-state index in [1.165, 1.54) is 0 Å². The number of carbonyl (C=O) groups excluding carboxylic acids is 3.